The summed E-state index contributed by atoms with van der Waals surface area (Å²) in [5.74, 6) is -1.18. The highest BCUT2D eigenvalue weighted by molar-refractivity contribution is 5.92. The third kappa shape index (κ3) is 9.90. The monoisotopic (exact) mass is 541 g/mol. The Morgan fingerprint density at radius 3 is 2.33 bits per heavy atom. The van der Waals surface area contributed by atoms with Crippen molar-refractivity contribution in [3.63, 3.8) is 0 Å². The summed E-state index contributed by atoms with van der Waals surface area (Å²) < 4.78 is 5.41. The Morgan fingerprint density at radius 1 is 1.03 bits per heavy atom. The van der Waals surface area contributed by atoms with Gasteiger partial charge < -0.3 is 30.5 Å². The number of nitrogens with zero attached hydrogens (tertiary/aromatic N) is 1. The molecule has 0 aliphatic carbocycles. The van der Waals surface area contributed by atoms with E-state index < -0.39 is 42.2 Å². The molecule has 39 heavy (non-hydrogen) atoms. The summed E-state index contributed by atoms with van der Waals surface area (Å²) >= 11 is 0. The van der Waals surface area contributed by atoms with Crippen molar-refractivity contribution in [3.05, 3.63) is 65.2 Å². The fourth-order valence-electron chi connectivity index (χ4n) is 4.21. The van der Waals surface area contributed by atoms with Crippen molar-refractivity contribution in [2.24, 2.45) is 0 Å². The summed E-state index contributed by atoms with van der Waals surface area (Å²) in [6.07, 6.45) is 2.02. The van der Waals surface area contributed by atoms with Gasteiger partial charge in [0.05, 0.1) is 6.61 Å². The Bertz CT molecular complexity index is 1080. The van der Waals surface area contributed by atoms with Crippen molar-refractivity contribution in [1.82, 2.24) is 15.5 Å². The zero-order chi connectivity index (χ0) is 29.0. The molecule has 0 saturated carbocycles. The van der Waals surface area contributed by atoms with Crippen LogP contribution in [0, 0.1) is 6.92 Å². The van der Waals surface area contributed by atoms with Gasteiger partial charge in [0, 0.05) is 25.1 Å². The Kier molecular flexibility index (Phi) is 12.3. The van der Waals surface area contributed by atoms with E-state index in [1.807, 2.05) is 30.3 Å². The van der Waals surface area contributed by atoms with Gasteiger partial charge in [0.15, 0.2) is 0 Å². The second-order valence-corrected chi connectivity index (χ2v) is 10.6. The number of para-hydroxylation sites is 1. The highest BCUT2D eigenvalue weighted by Crippen LogP contribution is 2.32. The number of carbonyl (C=O) groups excluding carboxylic acids is 3. The second kappa shape index (κ2) is 15.1. The van der Waals surface area contributed by atoms with Crippen molar-refractivity contribution in [2.45, 2.75) is 78.0 Å². The van der Waals surface area contributed by atoms with Crippen molar-refractivity contribution in [3.8, 4) is 5.75 Å². The predicted molar refractivity (Wildman–Crippen MR) is 150 cm³/mol. The first kappa shape index (κ1) is 31.6. The van der Waals surface area contributed by atoms with Crippen LogP contribution in [0.3, 0.4) is 0 Å². The Hall–Kier alpha value is -3.59. The number of ether oxygens (including phenoxy) is 1. The van der Waals surface area contributed by atoms with E-state index in [-0.39, 0.29) is 24.3 Å². The van der Waals surface area contributed by atoms with Crippen molar-refractivity contribution < 1.29 is 29.3 Å². The summed E-state index contributed by atoms with van der Waals surface area (Å²) in [7, 11) is 0. The molecule has 4 N–H and O–H groups in total. The van der Waals surface area contributed by atoms with Gasteiger partial charge in [-0.05, 0) is 45.2 Å². The van der Waals surface area contributed by atoms with Crippen molar-refractivity contribution >= 4 is 17.9 Å². The van der Waals surface area contributed by atoms with Gasteiger partial charge in [0.25, 0.3) is 0 Å². The van der Waals surface area contributed by atoms with E-state index in [0.717, 1.165) is 24.8 Å². The molecule has 9 heteroatoms. The summed E-state index contributed by atoms with van der Waals surface area (Å²) in [6, 6.07) is 11.8. The van der Waals surface area contributed by atoms with Gasteiger partial charge in [-0.3, -0.25) is 9.59 Å². The molecule has 2 atom stereocenters. The molecular weight excluding hydrogens is 498 g/mol. The van der Waals surface area contributed by atoms with Crippen LogP contribution in [0.2, 0.25) is 0 Å². The first-order chi connectivity index (χ1) is 18.5. The highest BCUT2D eigenvalue weighted by Gasteiger charge is 2.37. The first-order valence-corrected chi connectivity index (χ1v) is 13.5. The molecule has 2 aromatic carbocycles. The van der Waals surface area contributed by atoms with Crippen LogP contribution in [0.25, 0.3) is 0 Å². The molecule has 214 valence electrons. The van der Waals surface area contributed by atoms with Gasteiger partial charge in [-0.15, -0.1) is 0 Å². The predicted octanol–water partition coefficient (Wildman–Crippen LogP) is 4.01. The van der Waals surface area contributed by atoms with Gasteiger partial charge in [-0.1, -0.05) is 68.3 Å². The number of aryl methyl sites for hydroxylation is 1. The van der Waals surface area contributed by atoms with Gasteiger partial charge in [0.2, 0.25) is 11.8 Å². The number of phenolic OH excluding ortho intramolecular Hbond substituents is 1. The molecule has 0 fully saturated rings. The topological polar surface area (TPSA) is 128 Å². The van der Waals surface area contributed by atoms with Gasteiger partial charge in [-0.25, -0.2) is 4.79 Å². The second-order valence-electron chi connectivity index (χ2n) is 10.6. The zero-order valence-corrected chi connectivity index (χ0v) is 23.7. The molecule has 9 nitrogen and oxygen atoms in total. The lowest BCUT2D eigenvalue weighted by molar-refractivity contribution is -0.143. The van der Waals surface area contributed by atoms with E-state index in [4.69, 9.17) is 4.74 Å². The number of benzene rings is 2. The molecule has 0 aromatic heterocycles. The number of nitrogens with one attached hydrogen (secondary N) is 2. The third-order valence-electron chi connectivity index (χ3n) is 6.10. The number of hydrogen-bond acceptors (Lipinski definition) is 6. The van der Waals surface area contributed by atoms with Crippen LogP contribution in [0.4, 0.5) is 4.79 Å². The van der Waals surface area contributed by atoms with E-state index >= 15 is 0 Å². The summed E-state index contributed by atoms with van der Waals surface area (Å²) in [6.45, 7) is 8.70. The standard InChI is InChI=1S/C30H43N3O6/c1-6-7-11-17-31-27(36)25(23-16-12-13-21(2)26(23)35)33(18-19-34)28(37)24(20-22-14-9-8-10-15-22)32-29(38)39-30(3,4)5/h8-10,12-16,24-25,34-35H,6-7,11,17-20H2,1-5H3,(H,31,36)(H,32,38). The Morgan fingerprint density at radius 2 is 1.72 bits per heavy atom. The molecule has 0 radical (unpaired) electrons. The number of aliphatic hydroxyl groups is 1. The summed E-state index contributed by atoms with van der Waals surface area (Å²) in [5.41, 5.74) is 0.777. The maximum atomic E-state index is 14.1. The number of hydrogen-bond donors (Lipinski definition) is 4. The molecule has 0 bridgehead atoms. The lowest BCUT2D eigenvalue weighted by Crippen LogP contribution is -2.54. The largest absolute Gasteiger partial charge is 0.507 e. The maximum Gasteiger partial charge on any atom is 0.408 e. The average Bonchev–Trinajstić information content (AvgIpc) is 2.87. The Balaban J connectivity index is 2.51. The lowest BCUT2D eigenvalue weighted by Gasteiger charge is -2.34. The number of rotatable bonds is 13. The van der Waals surface area contributed by atoms with Crippen LogP contribution in [-0.2, 0) is 20.7 Å². The summed E-state index contributed by atoms with van der Waals surface area (Å²) in [4.78, 5) is 41.6. The van der Waals surface area contributed by atoms with Gasteiger partial charge in [-0.2, -0.15) is 0 Å². The lowest BCUT2D eigenvalue weighted by atomic mass is 9.98. The average molecular weight is 542 g/mol. The molecule has 2 aromatic rings. The first-order valence-electron chi connectivity index (χ1n) is 13.5. The van der Waals surface area contributed by atoms with Crippen LogP contribution >= 0.6 is 0 Å². The van der Waals surface area contributed by atoms with Gasteiger partial charge >= 0.3 is 6.09 Å². The molecule has 0 aliphatic heterocycles. The normalized spacial score (nSPS) is 12.8. The molecule has 3 amide bonds. The van der Waals surface area contributed by atoms with Crippen LogP contribution in [0.15, 0.2) is 48.5 Å². The van der Waals surface area contributed by atoms with E-state index in [2.05, 4.69) is 17.6 Å². The van der Waals surface area contributed by atoms with Gasteiger partial charge in [0.1, 0.15) is 23.4 Å². The summed E-state index contributed by atoms with van der Waals surface area (Å²) in [5, 5.41) is 26.4. The van der Waals surface area contributed by atoms with Crippen LogP contribution in [0.5, 0.6) is 5.75 Å². The minimum atomic E-state index is -1.23. The molecule has 0 aliphatic rings. The quantitative estimate of drug-likeness (QED) is 0.284. The number of aromatic hydroxyl groups is 1. The number of carbonyl (C=O) groups is 3. The zero-order valence-electron chi connectivity index (χ0n) is 23.7. The van der Waals surface area contributed by atoms with E-state index in [1.54, 1.807) is 45.9 Å². The Labute approximate surface area is 231 Å². The van der Waals surface area contributed by atoms with Crippen LogP contribution in [-0.4, -0.2) is 64.4 Å². The van der Waals surface area contributed by atoms with E-state index in [9.17, 15) is 24.6 Å². The van der Waals surface area contributed by atoms with Crippen molar-refractivity contribution in [1.29, 1.82) is 0 Å². The molecule has 0 spiro atoms. The van der Waals surface area contributed by atoms with Crippen molar-refractivity contribution in [2.75, 3.05) is 19.7 Å². The van der Waals surface area contributed by atoms with E-state index in [1.165, 1.54) is 4.90 Å². The molecule has 0 heterocycles. The molecule has 2 rings (SSSR count). The molecule has 0 saturated heterocycles. The van der Waals surface area contributed by atoms with Crippen LogP contribution < -0.4 is 10.6 Å². The maximum absolute atomic E-state index is 14.1. The number of alkyl carbamates (subject to hydrolysis) is 1. The number of aliphatic hydroxyl groups excluding tert-OH is 1. The minimum absolute atomic E-state index is 0.110. The SMILES string of the molecule is CCCCCNC(=O)C(c1cccc(C)c1O)N(CCO)C(=O)C(Cc1ccccc1)NC(=O)OC(C)(C)C. The molecular formula is C30H43N3O6. The highest BCUT2D eigenvalue weighted by atomic mass is 16.6. The fourth-order valence-corrected chi connectivity index (χ4v) is 4.21. The number of phenols is 1. The van der Waals surface area contributed by atoms with E-state index in [0.29, 0.717) is 12.1 Å². The minimum Gasteiger partial charge on any atom is -0.507 e. The fraction of sp³-hybridized carbons (Fsp3) is 0.500. The number of amides is 3. The van der Waals surface area contributed by atoms with Crippen LogP contribution in [0.1, 0.15) is 69.7 Å². The third-order valence-corrected chi connectivity index (χ3v) is 6.10. The number of unbranched alkanes of at least 4 members (excludes halogenated alkanes) is 2. The molecule has 2 unspecified atom stereocenters. The smallest absolute Gasteiger partial charge is 0.408 e.